The van der Waals surface area contributed by atoms with Crippen molar-refractivity contribution in [1.82, 2.24) is 5.32 Å². The van der Waals surface area contributed by atoms with Crippen LogP contribution in [0.1, 0.15) is 22.2 Å². The molecule has 2 amide bonds. The van der Waals surface area contributed by atoms with Crippen molar-refractivity contribution in [3.05, 3.63) is 76.5 Å². The molecule has 174 valence electrons. The number of methoxy groups -OCH3 is 1. The fraction of sp³-hybridized carbons (Fsp3) is 0.217. The van der Waals surface area contributed by atoms with Crippen molar-refractivity contribution in [2.75, 3.05) is 22.9 Å². The molecule has 1 heterocycles. The van der Waals surface area contributed by atoms with E-state index in [0.717, 1.165) is 5.56 Å². The SMILES string of the molecule is CCS(=O)(=O)Nc1ccc(NC(=O)C(Cc2ccccc2)NC(=O)c2cccs2)cc1OC. The third kappa shape index (κ3) is 6.80. The lowest BCUT2D eigenvalue weighted by Crippen LogP contribution is -2.45. The number of amides is 2. The molecule has 0 aliphatic carbocycles. The number of anilines is 2. The van der Waals surface area contributed by atoms with Gasteiger partial charge >= 0.3 is 0 Å². The number of thiophene rings is 1. The number of sulfonamides is 1. The van der Waals surface area contributed by atoms with E-state index in [-0.39, 0.29) is 23.1 Å². The van der Waals surface area contributed by atoms with Crippen LogP contribution in [0.2, 0.25) is 0 Å². The lowest BCUT2D eigenvalue weighted by atomic mass is 10.0. The summed E-state index contributed by atoms with van der Waals surface area (Å²) >= 11 is 1.29. The molecule has 1 atom stereocenters. The summed E-state index contributed by atoms with van der Waals surface area (Å²) in [4.78, 5) is 26.2. The molecule has 0 aliphatic rings. The molecule has 0 radical (unpaired) electrons. The molecule has 3 aromatic rings. The van der Waals surface area contributed by atoms with Crippen molar-refractivity contribution >= 4 is 44.5 Å². The van der Waals surface area contributed by atoms with Crippen LogP contribution in [0.3, 0.4) is 0 Å². The molecule has 0 saturated heterocycles. The van der Waals surface area contributed by atoms with E-state index in [0.29, 0.717) is 17.0 Å². The first kappa shape index (κ1) is 24.3. The van der Waals surface area contributed by atoms with Crippen LogP contribution in [0.25, 0.3) is 0 Å². The van der Waals surface area contributed by atoms with Crippen LogP contribution >= 0.6 is 11.3 Å². The summed E-state index contributed by atoms with van der Waals surface area (Å²) in [5.41, 5.74) is 1.56. The second-order valence-electron chi connectivity index (χ2n) is 7.10. The van der Waals surface area contributed by atoms with Gasteiger partial charge in [0.05, 0.1) is 23.4 Å². The number of carbonyl (C=O) groups is 2. The molecule has 1 aromatic heterocycles. The minimum absolute atomic E-state index is 0.0836. The fourth-order valence-electron chi connectivity index (χ4n) is 3.02. The molecule has 33 heavy (non-hydrogen) atoms. The van der Waals surface area contributed by atoms with Gasteiger partial charge < -0.3 is 15.4 Å². The maximum absolute atomic E-state index is 13.1. The summed E-state index contributed by atoms with van der Waals surface area (Å²) in [5, 5.41) is 7.38. The fourth-order valence-corrected chi connectivity index (χ4v) is 4.29. The van der Waals surface area contributed by atoms with Crippen LogP contribution in [-0.2, 0) is 21.2 Å². The van der Waals surface area contributed by atoms with E-state index in [2.05, 4.69) is 15.4 Å². The van der Waals surface area contributed by atoms with Crippen LogP contribution in [0.4, 0.5) is 11.4 Å². The molecule has 8 nitrogen and oxygen atoms in total. The van der Waals surface area contributed by atoms with Crippen LogP contribution in [0, 0.1) is 0 Å². The van der Waals surface area contributed by atoms with Crippen molar-refractivity contribution in [2.45, 2.75) is 19.4 Å². The van der Waals surface area contributed by atoms with E-state index >= 15 is 0 Å². The molecule has 0 bridgehead atoms. The van der Waals surface area contributed by atoms with Gasteiger partial charge in [-0.1, -0.05) is 36.4 Å². The van der Waals surface area contributed by atoms with E-state index < -0.39 is 22.0 Å². The third-order valence-electron chi connectivity index (χ3n) is 4.76. The zero-order chi connectivity index (χ0) is 23.8. The van der Waals surface area contributed by atoms with Crippen LogP contribution in [0.5, 0.6) is 5.75 Å². The van der Waals surface area contributed by atoms with Crippen LogP contribution in [-0.4, -0.2) is 39.1 Å². The van der Waals surface area contributed by atoms with Crippen LogP contribution in [0.15, 0.2) is 66.0 Å². The van der Waals surface area contributed by atoms with Gasteiger partial charge in [0.1, 0.15) is 11.8 Å². The highest BCUT2D eigenvalue weighted by Gasteiger charge is 2.23. The third-order valence-corrected chi connectivity index (χ3v) is 6.92. The van der Waals surface area contributed by atoms with Crippen molar-refractivity contribution in [3.8, 4) is 5.75 Å². The van der Waals surface area contributed by atoms with E-state index in [1.54, 1.807) is 23.6 Å². The number of nitrogens with one attached hydrogen (secondary N) is 3. The van der Waals surface area contributed by atoms with Gasteiger partial charge in [-0.2, -0.15) is 0 Å². The van der Waals surface area contributed by atoms with E-state index in [9.17, 15) is 18.0 Å². The normalized spacial score (nSPS) is 11.9. The molecule has 3 rings (SSSR count). The number of carbonyl (C=O) groups excluding carboxylic acids is 2. The number of rotatable bonds is 10. The first-order valence-corrected chi connectivity index (χ1v) is 12.7. The molecule has 0 spiro atoms. The zero-order valence-corrected chi connectivity index (χ0v) is 19.8. The molecular formula is C23H25N3O5S2. The van der Waals surface area contributed by atoms with Gasteiger partial charge in [-0.15, -0.1) is 11.3 Å². The summed E-state index contributed by atoms with van der Waals surface area (Å²) in [6.07, 6.45) is 0.301. The van der Waals surface area contributed by atoms with Gasteiger partial charge in [0.2, 0.25) is 15.9 Å². The Morgan fingerprint density at radius 2 is 1.82 bits per heavy atom. The number of hydrogen-bond acceptors (Lipinski definition) is 6. The number of benzene rings is 2. The topological polar surface area (TPSA) is 114 Å². The maximum atomic E-state index is 13.1. The number of ether oxygens (including phenoxy) is 1. The Morgan fingerprint density at radius 1 is 1.06 bits per heavy atom. The minimum Gasteiger partial charge on any atom is -0.494 e. The number of hydrogen-bond donors (Lipinski definition) is 3. The minimum atomic E-state index is -3.49. The van der Waals surface area contributed by atoms with Gasteiger partial charge in [-0.25, -0.2) is 8.42 Å². The predicted molar refractivity (Wildman–Crippen MR) is 130 cm³/mol. The molecule has 1 unspecified atom stereocenters. The summed E-state index contributed by atoms with van der Waals surface area (Å²) in [7, 11) is -2.08. The highest BCUT2D eigenvalue weighted by atomic mass is 32.2. The first-order chi connectivity index (χ1) is 15.8. The quantitative estimate of drug-likeness (QED) is 0.405. The Morgan fingerprint density at radius 3 is 2.45 bits per heavy atom. The summed E-state index contributed by atoms with van der Waals surface area (Å²) in [6.45, 7) is 1.53. The molecule has 10 heteroatoms. The lowest BCUT2D eigenvalue weighted by molar-refractivity contribution is -0.118. The van der Waals surface area contributed by atoms with Crippen molar-refractivity contribution in [3.63, 3.8) is 0 Å². The Balaban J connectivity index is 1.79. The zero-order valence-electron chi connectivity index (χ0n) is 18.2. The van der Waals surface area contributed by atoms with Crippen molar-refractivity contribution < 1.29 is 22.7 Å². The van der Waals surface area contributed by atoms with Crippen LogP contribution < -0.4 is 20.1 Å². The van der Waals surface area contributed by atoms with Gasteiger partial charge in [-0.05, 0) is 36.1 Å². The molecular weight excluding hydrogens is 462 g/mol. The summed E-state index contributed by atoms with van der Waals surface area (Å²) < 4.78 is 31.5. The molecule has 2 aromatic carbocycles. The van der Waals surface area contributed by atoms with Gasteiger partial charge in [0, 0.05) is 18.2 Å². The van der Waals surface area contributed by atoms with Gasteiger partial charge in [0.25, 0.3) is 5.91 Å². The average Bonchev–Trinajstić information content (AvgIpc) is 3.35. The van der Waals surface area contributed by atoms with E-state index in [4.69, 9.17) is 4.74 Å². The van der Waals surface area contributed by atoms with Gasteiger partial charge in [-0.3, -0.25) is 14.3 Å². The Kier molecular flexibility index (Phi) is 8.07. The van der Waals surface area contributed by atoms with Crippen molar-refractivity contribution in [1.29, 1.82) is 0 Å². The second kappa shape index (κ2) is 11.0. The van der Waals surface area contributed by atoms with Gasteiger partial charge in [0.15, 0.2) is 0 Å². The summed E-state index contributed by atoms with van der Waals surface area (Å²) in [6, 6.07) is 16.6. The standard InChI is InChI=1S/C23H25N3O5S2/c1-3-33(29,30)26-18-12-11-17(15-20(18)31-2)24-22(27)19(14-16-8-5-4-6-9-16)25-23(28)21-10-7-13-32-21/h4-13,15,19,26H,3,14H2,1-2H3,(H,24,27)(H,25,28). The Hall–Kier alpha value is -3.37. The Bertz CT molecular complexity index is 1200. The Labute approximate surface area is 197 Å². The summed E-state index contributed by atoms with van der Waals surface area (Å²) in [5.74, 6) is -0.567. The largest absolute Gasteiger partial charge is 0.494 e. The average molecular weight is 488 g/mol. The molecule has 0 aliphatic heterocycles. The van der Waals surface area contributed by atoms with Crippen molar-refractivity contribution in [2.24, 2.45) is 0 Å². The smallest absolute Gasteiger partial charge is 0.262 e. The highest BCUT2D eigenvalue weighted by molar-refractivity contribution is 7.92. The second-order valence-corrected chi connectivity index (χ2v) is 10.1. The highest BCUT2D eigenvalue weighted by Crippen LogP contribution is 2.29. The lowest BCUT2D eigenvalue weighted by Gasteiger charge is -2.19. The van der Waals surface area contributed by atoms with E-state index in [1.165, 1.54) is 37.5 Å². The monoisotopic (exact) mass is 487 g/mol. The van der Waals surface area contributed by atoms with E-state index in [1.807, 2.05) is 30.3 Å². The molecule has 0 saturated carbocycles. The predicted octanol–water partition coefficient (Wildman–Crippen LogP) is 3.50. The molecule has 0 fully saturated rings. The first-order valence-electron chi connectivity index (χ1n) is 10.2. The molecule has 3 N–H and O–H groups in total. The maximum Gasteiger partial charge on any atom is 0.262 e.